The zero-order valence-corrected chi connectivity index (χ0v) is 23.2. The Morgan fingerprint density at radius 1 is 1.03 bits per heavy atom. The number of aliphatic hydroxyl groups excluding tert-OH is 1. The number of aliphatic hydroxyl groups is 1. The molecule has 0 heterocycles. The van der Waals surface area contributed by atoms with Gasteiger partial charge >= 0.3 is 0 Å². The summed E-state index contributed by atoms with van der Waals surface area (Å²) in [6, 6.07) is 2.12. The highest BCUT2D eigenvalue weighted by Gasteiger charge is 2.64. The van der Waals surface area contributed by atoms with Crippen LogP contribution in [0.4, 0.5) is 0 Å². The summed E-state index contributed by atoms with van der Waals surface area (Å²) < 4.78 is 0. The van der Waals surface area contributed by atoms with Gasteiger partial charge in [0.05, 0.1) is 5.57 Å². The molecule has 3 saturated carbocycles. The molecule has 0 aromatic carbocycles. The minimum absolute atomic E-state index is 0.0141. The number of carbonyl (C=O) groups is 2. The Morgan fingerprint density at radius 2 is 1.69 bits per heavy atom. The molecule has 0 spiro atoms. The normalized spacial score (nSPS) is 44.6. The van der Waals surface area contributed by atoms with Gasteiger partial charge in [-0.15, -0.1) is 0 Å². The van der Waals surface area contributed by atoms with Crippen molar-refractivity contribution in [1.82, 2.24) is 0 Å². The number of ketones is 2. The molecule has 4 aliphatic carbocycles. The van der Waals surface area contributed by atoms with Gasteiger partial charge in [-0.1, -0.05) is 54.5 Å². The van der Waals surface area contributed by atoms with Gasteiger partial charge in [-0.3, -0.25) is 9.59 Å². The van der Waals surface area contributed by atoms with Crippen LogP contribution in [0.1, 0.15) is 106 Å². The number of nitrogens with zero attached hydrogens (tertiary/aromatic N) is 1. The van der Waals surface area contributed by atoms with Gasteiger partial charge in [0.2, 0.25) is 0 Å². The molecule has 0 aromatic heterocycles. The van der Waals surface area contributed by atoms with E-state index < -0.39 is 0 Å². The van der Waals surface area contributed by atoms with Gasteiger partial charge in [0.25, 0.3) is 0 Å². The van der Waals surface area contributed by atoms with Crippen LogP contribution in [0.2, 0.25) is 0 Å². The number of allylic oxidation sites excluding steroid dienone is 2. The number of carbonyl (C=O) groups excluding carboxylic acids is 2. The van der Waals surface area contributed by atoms with Gasteiger partial charge in [0.1, 0.15) is 11.9 Å². The summed E-state index contributed by atoms with van der Waals surface area (Å²) in [4.78, 5) is 26.5. The maximum Gasteiger partial charge on any atom is 0.176 e. The number of rotatable bonds is 4. The molecule has 194 valence electrons. The van der Waals surface area contributed by atoms with E-state index in [9.17, 15) is 20.0 Å². The monoisotopic (exact) mass is 481 g/mol. The lowest BCUT2D eigenvalue weighted by molar-refractivity contribution is -0.187. The summed E-state index contributed by atoms with van der Waals surface area (Å²) in [7, 11) is 0. The Labute approximate surface area is 212 Å². The Balaban J connectivity index is 1.64. The standard InChI is InChI=1S/C31H47NO3/c1-20-22(28(4,5)16-21(18-32)26(20)35)8-10-29(6)11-9-24(34)25-23-17-27(2,3)12-14-31(23,19-33)15-13-30(25,29)7/h16,20,22-23,25,33H,8-15,17,19H2,1-7H3. The predicted octanol–water partition coefficient (Wildman–Crippen LogP) is 6.67. The fourth-order valence-electron chi connectivity index (χ4n) is 9.17. The van der Waals surface area contributed by atoms with E-state index in [0.29, 0.717) is 17.8 Å². The maximum absolute atomic E-state index is 13.7. The first-order valence-corrected chi connectivity index (χ1v) is 14.0. The summed E-state index contributed by atoms with van der Waals surface area (Å²) in [5, 5.41) is 20.0. The highest BCUT2D eigenvalue weighted by molar-refractivity contribution is 6.01. The summed E-state index contributed by atoms with van der Waals surface area (Å²) >= 11 is 0. The van der Waals surface area contributed by atoms with E-state index in [4.69, 9.17) is 0 Å². The van der Waals surface area contributed by atoms with Gasteiger partial charge in [0.15, 0.2) is 5.78 Å². The summed E-state index contributed by atoms with van der Waals surface area (Å²) in [6.45, 7) is 16.0. The first kappa shape index (κ1) is 26.6. The second kappa shape index (κ2) is 8.54. The van der Waals surface area contributed by atoms with E-state index in [1.54, 1.807) is 0 Å². The van der Waals surface area contributed by atoms with Crippen molar-refractivity contribution in [3.63, 3.8) is 0 Å². The number of hydrogen-bond acceptors (Lipinski definition) is 4. The predicted molar refractivity (Wildman–Crippen MR) is 138 cm³/mol. The van der Waals surface area contributed by atoms with Crippen LogP contribution in [0.25, 0.3) is 0 Å². The van der Waals surface area contributed by atoms with Crippen molar-refractivity contribution in [2.24, 2.45) is 50.7 Å². The fraction of sp³-hybridized carbons (Fsp3) is 0.839. The minimum atomic E-state index is -0.203. The zero-order valence-electron chi connectivity index (χ0n) is 23.2. The minimum Gasteiger partial charge on any atom is -0.396 e. The van der Waals surface area contributed by atoms with Crippen LogP contribution in [0.15, 0.2) is 11.6 Å². The van der Waals surface area contributed by atoms with E-state index in [2.05, 4.69) is 47.6 Å². The van der Waals surface area contributed by atoms with Gasteiger partial charge < -0.3 is 5.11 Å². The average molecular weight is 482 g/mol. The van der Waals surface area contributed by atoms with Crippen molar-refractivity contribution in [1.29, 1.82) is 5.26 Å². The van der Waals surface area contributed by atoms with E-state index in [1.165, 1.54) is 0 Å². The van der Waals surface area contributed by atoms with Gasteiger partial charge in [0, 0.05) is 24.9 Å². The van der Waals surface area contributed by atoms with Gasteiger partial charge in [-0.05, 0) is 90.3 Å². The van der Waals surface area contributed by atoms with Crippen molar-refractivity contribution in [2.45, 2.75) is 106 Å². The Bertz CT molecular complexity index is 970. The molecule has 0 bridgehead atoms. The van der Waals surface area contributed by atoms with Crippen LogP contribution in [-0.2, 0) is 9.59 Å². The highest BCUT2D eigenvalue weighted by atomic mass is 16.3. The maximum atomic E-state index is 13.7. The first-order chi connectivity index (χ1) is 16.2. The molecule has 4 nitrogen and oxygen atoms in total. The SMILES string of the molecule is CC1C(=O)C(C#N)=CC(C)(C)C1CCC1(C)CCC(=O)C2C3CC(C)(C)CCC3(CO)CCC21C. The molecular formula is C31H47NO3. The molecule has 7 unspecified atom stereocenters. The summed E-state index contributed by atoms with van der Waals surface area (Å²) in [5.41, 5.74) is 0.158. The summed E-state index contributed by atoms with van der Waals surface area (Å²) in [6.07, 6.45) is 10.6. The van der Waals surface area contributed by atoms with Crippen LogP contribution < -0.4 is 0 Å². The van der Waals surface area contributed by atoms with Crippen LogP contribution >= 0.6 is 0 Å². The Kier molecular flexibility index (Phi) is 6.49. The number of fused-ring (bicyclic) bond motifs is 3. The number of hydrogen-bond donors (Lipinski definition) is 1. The molecular weight excluding hydrogens is 434 g/mol. The van der Waals surface area contributed by atoms with Crippen molar-refractivity contribution in [3.8, 4) is 6.07 Å². The fourth-order valence-corrected chi connectivity index (χ4v) is 9.17. The molecule has 0 aromatic rings. The van der Waals surface area contributed by atoms with E-state index in [-0.39, 0.29) is 63.1 Å². The molecule has 4 heteroatoms. The van der Waals surface area contributed by atoms with Gasteiger partial charge in [-0.25, -0.2) is 0 Å². The quantitative estimate of drug-likeness (QED) is 0.486. The van der Waals surface area contributed by atoms with E-state index in [1.807, 2.05) is 13.0 Å². The second-order valence-corrected chi connectivity index (χ2v) is 14.7. The topological polar surface area (TPSA) is 78.2 Å². The molecule has 0 radical (unpaired) electrons. The zero-order chi connectivity index (χ0) is 26.0. The molecule has 0 saturated heterocycles. The second-order valence-electron chi connectivity index (χ2n) is 14.7. The molecule has 1 N–H and O–H groups in total. The third-order valence-electron chi connectivity index (χ3n) is 11.9. The molecule has 4 aliphatic rings. The van der Waals surface area contributed by atoms with Crippen molar-refractivity contribution in [3.05, 3.63) is 11.6 Å². The molecule has 4 rings (SSSR count). The first-order valence-electron chi connectivity index (χ1n) is 14.0. The summed E-state index contributed by atoms with van der Waals surface area (Å²) in [5.74, 6) is 0.722. The average Bonchev–Trinajstić information content (AvgIpc) is 2.78. The number of nitriles is 1. The third-order valence-corrected chi connectivity index (χ3v) is 11.9. The molecule has 3 fully saturated rings. The van der Waals surface area contributed by atoms with Crippen LogP contribution in [0.3, 0.4) is 0 Å². The van der Waals surface area contributed by atoms with E-state index >= 15 is 0 Å². The Hall–Kier alpha value is -1.47. The highest BCUT2D eigenvalue weighted by Crippen LogP contribution is 2.69. The van der Waals surface area contributed by atoms with Crippen LogP contribution in [0, 0.1) is 62.1 Å². The lowest BCUT2D eigenvalue weighted by atomic mass is 9.38. The van der Waals surface area contributed by atoms with E-state index in [0.717, 1.165) is 51.4 Å². The molecule has 7 atom stereocenters. The van der Waals surface area contributed by atoms with Crippen molar-refractivity contribution in [2.75, 3.05) is 6.61 Å². The largest absolute Gasteiger partial charge is 0.396 e. The van der Waals surface area contributed by atoms with Gasteiger partial charge in [-0.2, -0.15) is 5.26 Å². The Morgan fingerprint density at radius 3 is 2.31 bits per heavy atom. The molecule has 0 amide bonds. The van der Waals surface area contributed by atoms with Crippen LogP contribution in [-0.4, -0.2) is 23.3 Å². The molecule has 0 aliphatic heterocycles. The number of Topliss-reactive ketones (excluding diaryl/α,β-unsaturated/α-hetero) is 2. The van der Waals surface area contributed by atoms with Crippen molar-refractivity contribution < 1.29 is 14.7 Å². The lowest BCUT2D eigenvalue weighted by Crippen LogP contribution is -2.62. The van der Waals surface area contributed by atoms with Crippen molar-refractivity contribution >= 4 is 11.6 Å². The van der Waals surface area contributed by atoms with Crippen LogP contribution in [0.5, 0.6) is 0 Å². The third kappa shape index (κ3) is 4.05. The lowest BCUT2D eigenvalue weighted by Gasteiger charge is -2.65. The molecule has 35 heavy (non-hydrogen) atoms. The smallest absolute Gasteiger partial charge is 0.176 e.